The molecule has 3 N–H and O–H groups in total. The van der Waals surface area contributed by atoms with E-state index >= 15 is 0 Å². The topological polar surface area (TPSA) is 53.2 Å². The van der Waals surface area contributed by atoms with Gasteiger partial charge in [-0.1, -0.05) is 84.2 Å². The number of carbonyl (C=O) groups is 1. The van der Waals surface area contributed by atoms with Crippen LogP contribution in [0.4, 0.5) is 5.69 Å². The minimum atomic E-state index is -1.80. The number of halogens is 5. The van der Waals surface area contributed by atoms with E-state index in [2.05, 4.69) is 22.9 Å². The van der Waals surface area contributed by atoms with Gasteiger partial charge in [0.25, 0.3) is 0 Å². The third-order valence-electron chi connectivity index (χ3n) is 3.34. The molecule has 0 spiro atoms. The number of alkyl halides is 3. The molecule has 4 nitrogen and oxygen atoms in total. The highest BCUT2D eigenvalue weighted by atomic mass is 35.6. The lowest BCUT2D eigenvalue weighted by molar-refractivity contribution is -0.122. The Balaban J connectivity index is 2.65. The van der Waals surface area contributed by atoms with Crippen molar-refractivity contribution < 1.29 is 4.79 Å². The van der Waals surface area contributed by atoms with E-state index in [1.807, 2.05) is 0 Å². The predicted molar refractivity (Wildman–Crippen MR) is 117 cm³/mol. The van der Waals surface area contributed by atoms with E-state index in [0.717, 1.165) is 25.7 Å². The summed E-state index contributed by atoms with van der Waals surface area (Å²) in [7, 11) is 0. The first-order valence-corrected chi connectivity index (χ1v) is 10.3. The van der Waals surface area contributed by atoms with Crippen LogP contribution in [0.2, 0.25) is 10.0 Å². The maximum Gasteiger partial charge on any atom is 0.228 e. The van der Waals surface area contributed by atoms with Crippen molar-refractivity contribution in [3.8, 4) is 0 Å². The highest BCUT2D eigenvalue weighted by molar-refractivity contribution is 7.80. The normalized spacial score (nSPS) is 12.4. The molecule has 0 aromatic heterocycles. The molecule has 0 heterocycles. The van der Waals surface area contributed by atoms with Crippen molar-refractivity contribution in [1.82, 2.24) is 10.6 Å². The SMILES string of the molecule is CCCCCCC(=O)N[C@H](NC(=S)Nc1cc(Cl)ccc1Cl)C(Cl)(Cl)Cl. The average Bonchev–Trinajstić information content (AvgIpc) is 2.53. The Morgan fingerprint density at radius 2 is 1.85 bits per heavy atom. The van der Waals surface area contributed by atoms with E-state index in [1.165, 1.54) is 0 Å². The van der Waals surface area contributed by atoms with Crippen LogP contribution in [0.15, 0.2) is 18.2 Å². The number of hydrogen-bond donors (Lipinski definition) is 3. The van der Waals surface area contributed by atoms with Gasteiger partial charge in [0.05, 0.1) is 10.7 Å². The lowest BCUT2D eigenvalue weighted by atomic mass is 10.1. The lowest BCUT2D eigenvalue weighted by Gasteiger charge is -2.28. The molecule has 1 rings (SSSR count). The largest absolute Gasteiger partial charge is 0.339 e. The van der Waals surface area contributed by atoms with Crippen LogP contribution in [-0.2, 0) is 4.79 Å². The Kier molecular flexibility index (Phi) is 10.7. The summed E-state index contributed by atoms with van der Waals surface area (Å²) < 4.78 is -1.80. The van der Waals surface area contributed by atoms with E-state index in [1.54, 1.807) is 18.2 Å². The minimum Gasteiger partial charge on any atom is -0.339 e. The summed E-state index contributed by atoms with van der Waals surface area (Å²) >= 11 is 35.1. The molecule has 10 heteroatoms. The molecule has 1 amide bonds. The molecule has 0 fully saturated rings. The predicted octanol–water partition coefficient (Wildman–Crippen LogP) is 6.06. The summed E-state index contributed by atoms with van der Waals surface area (Å²) in [5, 5.41) is 9.31. The summed E-state index contributed by atoms with van der Waals surface area (Å²) in [4.78, 5) is 12.1. The molecule has 1 aromatic carbocycles. The molecule has 0 aliphatic heterocycles. The van der Waals surface area contributed by atoms with Crippen LogP contribution < -0.4 is 16.0 Å². The second-order valence-corrected chi connectivity index (χ2v) is 9.20. The number of amides is 1. The van der Waals surface area contributed by atoms with Crippen molar-refractivity contribution >= 4 is 86.9 Å². The van der Waals surface area contributed by atoms with Gasteiger partial charge < -0.3 is 16.0 Å². The van der Waals surface area contributed by atoms with Gasteiger partial charge >= 0.3 is 0 Å². The van der Waals surface area contributed by atoms with Crippen LogP contribution in [0.1, 0.15) is 39.0 Å². The monoisotopic (exact) mass is 477 g/mol. The number of anilines is 1. The van der Waals surface area contributed by atoms with Crippen molar-refractivity contribution in [2.75, 3.05) is 5.32 Å². The molecule has 0 unspecified atom stereocenters. The molecule has 0 aliphatic rings. The highest BCUT2D eigenvalue weighted by Crippen LogP contribution is 2.30. The molecular weight excluding hydrogens is 460 g/mol. The molecule has 0 aliphatic carbocycles. The van der Waals surface area contributed by atoms with Crippen molar-refractivity contribution in [1.29, 1.82) is 0 Å². The Morgan fingerprint density at radius 1 is 1.15 bits per heavy atom. The molecule has 0 radical (unpaired) electrons. The number of hydrogen-bond acceptors (Lipinski definition) is 2. The van der Waals surface area contributed by atoms with Crippen LogP contribution in [0, 0.1) is 0 Å². The van der Waals surface area contributed by atoms with Crippen LogP contribution in [0.5, 0.6) is 0 Å². The number of thiocarbonyl (C=S) groups is 1. The number of rotatable bonds is 8. The van der Waals surface area contributed by atoms with Gasteiger partial charge in [-0.3, -0.25) is 4.79 Å². The zero-order valence-electron chi connectivity index (χ0n) is 14.1. The second kappa shape index (κ2) is 11.6. The fraction of sp³-hybridized carbons (Fsp3) is 0.500. The molecule has 146 valence electrons. The van der Waals surface area contributed by atoms with Gasteiger partial charge in [-0.25, -0.2) is 0 Å². The number of unbranched alkanes of at least 4 members (excludes halogenated alkanes) is 3. The Morgan fingerprint density at radius 3 is 2.46 bits per heavy atom. The minimum absolute atomic E-state index is 0.122. The first-order valence-electron chi connectivity index (χ1n) is 8.02. The van der Waals surface area contributed by atoms with Crippen molar-refractivity contribution in [3.05, 3.63) is 28.2 Å². The van der Waals surface area contributed by atoms with Crippen molar-refractivity contribution in [2.24, 2.45) is 0 Å². The summed E-state index contributed by atoms with van der Waals surface area (Å²) in [6, 6.07) is 4.88. The molecule has 0 bridgehead atoms. The van der Waals surface area contributed by atoms with Crippen LogP contribution >= 0.6 is 70.2 Å². The standard InChI is InChI=1S/C16H20Cl5N3OS/c1-2-3-4-5-6-13(25)23-14(16(19,20)21)24-15(26)22-12-9-10(17)7-8-11(12)18/h7-9,14H,2-6H2,1H3,(H,23,25)(H2,22,24,26)/t14-/m1/s1. The molecule has 1 aromatic rings. The Bertz CT molecular complexity index is 624. The zero-order chi connectivity index (χ0) is 19.7. The highest BCUT2D eigenvalue weighted by Gasteiger charge is 2.34. The lowest BCUT2D eigenvalue weighted by Crippen LogP contribution is -2.56. The third-order valence-corrected chi connectivity index (χ3v) is 4.78. The van der Waals surface area contributed by atoms with Gasteiger partial charge in [-0.2, -0.15) is 0 Å². The maximum absolute atomic E-state index is 12.1. The number of nitrogens with one attached hydrogen (secondary N) is 3. The molecule has 0 saturated heterocycles. The van der Waals surface area contributed by atoms with E-state index in [4.69, 9.17) is 70.2 Å². The maximum atomic E-state index is 12.1. The van der Waals surface area contributed by atoms with Gasteiger partial charge in [0, 0.05) is 11.4 Å². The van der Waals surface area contributed by atoms with Gasteiger partial charge in [0.2, 0.25) is 9.70 Å². The van der Waals surface area contributed by atoms with E-state index in [9.17, 15) is 4.79 Å². The average molecular weight is 480 g/mol. The van der Waals surface area contributed by atoms with E-state index in [-0.39, 0.29) is 11.0 Å². The van der Waals surface area contributed by atoms with Gasteiger partial charge in [0.1, 0.15) is 6.17 Å². The summed E-state index contributed by atoms with van der Waals surface area (Å²) in [6.45, 7) is 2.10. The van der Waals surface area contributed by atoms with E-state index < -0.39 is 9.96 Å². The van der Waals surface area contributed by atoms with E-state index in [0.29, 0.717) is 22.2 Å². The molecule has 26 heavy (non-hydrogen) atoms. The van der Waals surface area contributed by atoms with Crippen LogP contribution in [-0.4, -0.2) is 21.0 Å². The van der Waals surface area contributed by atoms with Crippen molar-refractivity contribution in [2.45, 2.75) is 49.0 Å². The Labute approximate surface area is 184 Å². The molecule has 1 atom stereocenters. The molecular formula is C16H20Cl5N3OS. The van der Waals surface area contributed by atoms with Crippen molar-refractivity contribution in [3.63, 3.8) is 0 Å². The summed E-state index contributed by atoms with van der Waals surface area (Å²) in [6.07, 6.45) is 3.25. The first kappa shape index (κ1) is 23.9. The quantitative estimate of drug-likeness (QED) is 0.184. The number of benzene rings is 1. The molecule has 0 saturated carbocycles. The zero-order valence-corrected chi connectivity index (χ0v) is 18.6. The summed E-state index contributed by atoms with van der Waals surface area (Å²) in [5.41, 5.74) is 0.491. The fourth-order valence-corrected chi connectivity index (χ4v) is 2.92. The van der Waals surface area contributed by atoms with Gasteiger partial charge in [-0.05, 0) is 36.8 Å². The van der Waals surface area contributed by atoms with Crippen LogP contribution in [0.3, 0.4) is 0 Å². The van der Waals surface area contributed by atoms with Gasteiger partial charge in [0.15, 0.2) is 5.11 Å². The third kappa shape index (κ3) is 9.16. The Hall–Kier alpha value is -0.170. The van der Waals surface area contributed by atoms with Crippen LogP contribution in [0.25, 0.3) is 0 Å². The summed E-state index contributed by atoms with van der Waals surface area (Å²) in [5.74, 6) is -0.228. The fourth-order valence-electron chi connectivity index (χ4n) is 2.03. The smallest absolute Gasteiger partial charge is 0.228 e. The second-order valence-electron chi connectivity index (χ2n) is 5.58. The van der Waals surface area contributed by atoms with Gasteiger partial charge in [-0.15, -0.1) is 0 Å². The first-order chi connectivity index (χ1) is 12.1. The number of carbonyl (C=O) groups excluding carboxylic acids is 1.